The lowest BCUT2D eigenvalue weighted by atomic mass is 9.95. The van der Waals surface area contributed by atoms with Gasteiger partial charge in [-0.3, -0.25) is 11.3 Å². The lowest BCUT2D eigenvalue weighted by Gasteiger charge is -2.21. The number of hydrazine groups is 1. The number of nitrogens with zero attached hydrogens (tertiary/aromatic N) is 2. The Hall–Kier alpha value is -1.69. The predicted octanol–water partition coefficient (Wildman–Crippen LogP) is 2.05. The minimum absolute atomic E-state index is 0.0719. The summed E-state index contributed by atoms with van der Waals surface area (Å²) in [5.41, 5.74) is 5.01. The van der Waals surface area contributed by atoms with Crippen LogP contribution in [-0.4, -0.2) is 23.5 Å². The highest BCUT2D eigenvalue weighted by atomic mass is 16.5. The minimum atomic E-state index is 0.0719. The highest BCUT2D eigenvalue weighted by Crippen LogP contribution is 2.24. The third-order valence-corrected chi connectivity index (χ3v) is 3.51. The molecule has 0 aliphatic rings. The van der Waals surface area contributed by atoms with Crippen molar-refractivity contribution >= 4 is 0 Å². The third kappa shape index (κ3) is 3.45. The highest BCUT2D eigenvalue weighted by Gasteiger charge is 2.19. The van der Waals surface area contributed by atoms with E-state index in [1.165, 1.54) is 0 Å². The molecule has 1 aromatic heterocycles. The summed E-state index contributed by atoms with van der Waals surface area (Å²) in [5.74, 6) is 6.07. The van der Waals surface area contributed by atoms with Gasteiger partial charge in [-0.2, -0.15) is 5.10 Å². The number of rotatable bonds is 7. The van der Waals surface area contributed by atoms with Gasteiger partial charge in [-0.15, -0.1) is 0 Å². The second-order valence-electron chi connectivity index (χ2n) is 4.96. The van der Waals surface area contributed by atoms with E-state index in [4.69, 9.17) is 10.6 Å². The van der Waals surface area contributed by atoms with E-state index in [1.54, 1.807) is 7.11 Å². The van der Waals surface area contributed by atoms with Crippen LogP contribution in [0, 0.1) is 5.92 Å². The van der Waals surface area contributed by atoms with Gasteiger partial charge in [0.1, 0.15) is 0 Å². The van der Waals surface area contributed by atoms with E-state index in [1.807, 2.05) is 47.4 Å². The molecule has 0 spiro atoms. The molecule has 2 atom stereocenters. The Morgan fingerprint density at radius 2 is 2.10 bits per heavy atom. The number of hydrogen-bond acceptors (Lipinski definition) is 4. The number of aromatic nitrogens is 2. The van der Waals surface area contributed by atoms with Crippen LogP contribution in [0.3, 0.4) is 0 Å². The maximum atomic E-state index is 5.70. The van der Waals surface area contributed by atoms with Crippen LogP contribution in [0.5, 0.6) is 0 Å². The van der Waals surface area contributed by atoms with Crippen LogP contribution in [0.15, 0.2) is 42.7 Å². The molecule has 20 heavy (non-hydrogen) atoms. The molecule has 1 heterocycles. The first kappa shape index (κ1) is 14.7. The fourth-order valence-corrected chi connectivity index (χ4v) is 2.28. The van der Waals surface area contributed by atoms with Crippen LogP contribution in [0.2, 0.25) is 0 Å². The van der Waals surface area contributed by atoms with Gasteiger partial charge in [-0.25, -0.2) is 4.68 Å². The first-order valence-corrected chi connectivity index (χ1v) is 6.81. The predicted molar refractivity (Wildman–Crippen MR) is 79.3 cm³/mol. The maximum Gasteiger partial charge on any atom is 0.0645 e. The van der Waals surface area contributed by atoms with Gasteiger partial charge >= 0.3 is 0 Å². The molecule has 0 fully saturated rings. The number of para-hydroxylation sites is 1. The monoisotopic (exact) mass is 274 g/mol. The van der Waals surface area contributed by atoms with Crippen molar-refractivity contribution in [1.82, 2.24) is 15.2 Å². The molecule has 5 nitrogen and oxygen atoms in total. The second kappa shape index (κ2) is 7.19. The second-order valence-corrected chi connectivity index (χ2v) is 4.96. The summed E-state index contributed by atoms with van der Waals surface area (Å²) in [7, 11) is 1.71. The van der Waals surface area contributed by atoms with E-state index in [9.17, 15) is 0 Å². The van der Waals surface area contributed by atoms with Gasteiger partial charge in [0.2, 0.25) is 0 Å². The molecular weight excluding hydrogens is 252 g/mol. The minimum Gasteiger partial charge on any atom is -0.385 e. The molecule has 1 aromatic carbocycles. The van der Waals surface area contributed by atoms with Crippen molar-refractivity contribution in [2.45, 2.75) is 19.4 Å². The Bertz CT molecular complexity index is 512. The molecule has 0 radical (unpaired) electrons. The molecule has 0 aliphatic carbocycles. The smallest absolute Gasteiger partial charge is 0.0645 e. The van der Waals surface area contributed by atoms with Crippen molar-refractivity contribution in [3.63, 3.8) is 0 Å². The molecule has 108 valence electrons. The zero-order valence-electron chi connectivity index (χ0n) is 12.0. The summed E-state index contributed by atoms with van der Waals surface area (Å²) < 4.78 is 6.99. The lowest BCUT2D eigenvalue weighted by Crippen LogP contribution is -2.32. The Morgan fingerprint density at radius 1 is 1.35 bits per heavy atom. The Labute approximate surface area is 119 Å². The van der Waals surface area contributed by atoms with Crippen LogP contribution in [-0.2, 0) is 4.74 Å². The number of hydrogen-bond donors (Lipinski definition) is 2. The van der Waals surface area contributed by atoms with Crippen molar-refractivity contribution in [1.29, 1.82) is 0 Å². The molecule has 0 saturated carbocycles. The van der Waals surface area contributed by atoms with Crippen molar-refractivity contribution < 1.29 is 4.74 Å². The third-order valence-electron chi connectivity index (χ3n) is 3.51. The molecule has 0 bridgehead atoms. The van der Waals surface area contributed by atoms with E-state index in [0.29, 0.717) is 5.92 Å². The number of benzene rings is 1. The van der Waals surface area contributed by atoms with Crippen LogP contribution >= 0.6 is 0 Å². The average Bonchev–Trinajstić information content (AvgIpc) is 2.96. The number of nitrogens with two attached hydrogens (primary N) is 1. The van der Waals surface area contributed by atoms with E-state index in [-0.39, 0.29) is 6.04 Å². The molecule has 5 heteroatoms. The molecule has 0 aliphatic heterocycles. The van der Waals surface area contributed by atoms with Crippen LogP contribution in [0.25, 0.3) is 5.69 Å². The zero-order chi connectivity index (χ0) is 14.4. The fourth-order valence-electron chi connectivity index (χ4n) is 2.28. The highest BCUT2D eigenvalue weighted by molar-refractivity contribution is 5.31. The molecule has 0 amide bonds. The van der Waals surface area contributed by atoms with E-state index < -0.39 is 0 Å². The van der Waals surface area contributed by atoms with Gasteiger partial charge in [-0.1, -0.05) is 25.1 Å². The topological polar surface area (TPSA) is 65.1 Å². The molecule has 2 unspecified atom stereocenters. The van der Waals surface area contributed by atoms with E-state index in [0.717, 1.165) is 24.3 Å². The van der Waals surface area contributed by atoms with Crippen LogP contribution in [0.1, 0.15) is 24.9 Å². The van der Waals surface area contributed by atoms with Crippen LogP contribution < -0.4 is 11.3 Å². The Balaban J connectivity index is 2.14. The van der Waals surface area contributed by atoms with Crippen LogP contribution in [0.4, 0.5) is 0 Å². The van der Waals surface area contributed by atoms with Crippen molar-refractivity contribution in [2.24, 2.45) is 11.8 Å². The van der Waals surface area contributed by atoms with Crippen molar-refractivity contribution in [2.75, 3.05) is 13.7 Å². The quantitative estimate of drug-likeness (QED) is 0.599. The van der Waals surface area contributed by atoms with E-state index >= 15 is 0 Å². The molecule has 0 saturated heterocycles. The maximum absolute atomic E-state index is 5.70. The number of methoxy groups -OCH3 is 1. The van der Waals surface area contributed by atoms with Gasteiger partial charge in [0.05, 0.1) is 17.9 Å². The molecule has 2 rings (SSSR count). The summed E-state index contributed by atoms with van der Waals surface area (Å²) in [4.78, 5) is 0. The summed E-state index contributed by atoms with van der Waals surface area (Å²) in [6, 6.07) is 10.1. The fraction of sp³-hybridized carbons (Fsp3) is 0.400. The van der Waals surface area contributed by atoms with Gasteiger partial charge in [-0.05, 0) is 24.5 Å². The standard InChI is InChI=1S/C15H22N4O/c1-12(8-9-20-2)15(18-16)13-10-17-19(11-13)14-6-4-3-5-7-14/h3-7,10-12,15,18H,8-9,16H2,1-2H3. The largest absolute Gasteiger partial charge is 0.385 e. The first-order valence-electron chi connectivity index (χ1n) is 6.81. The summed E-state index contributed by atoms with van der Waals surface area (Å²) >= 11 is 0. The lowest BCUT2D eigenvalue weighted by molar-refractivity contribution is 0.170. The Morgan fingerprint density at radius 3 is 2.75 bits per heavy atom. The van der Waals surface area contributed by atoms with E-state index in [2.05, 4.69) is 17.4 Å². The molecule has 3 N–H and O–H groups in total. The number of nitrogens with one attached hydrogen (secondary N) is 1. The summed E-state index contributed by atoms with van der Waals surface area (Å²) in [5, 5.41) is 4.41. The van der Waals surface area contributed by atoms with Gasteiger partial charge in [0.25, 0.3) is 0 Å². The zero-order valence-corrected chi connectivity index (χ0v) is 12.0. The normalized spacial score (nSPS) is 14.2. The SMILES string of the molecule is COCCC(C)C(NN)c1cnn(-c2ccccc2)c1. The number of ether oxygens (including phenoxy) is 1. The average molecular weight is 274 g/mol. The molecular formula is C15H22N4O. The summed E-state index contributed by atoms with van der Waals surface area (Å²) in [6.07, 6.45) is 4.83. The van der Waals surface area contributed by atoms with Gasteiger partial charge < -0.3 is 4.74 Å². The summed E-state index contributed by atoms with van der Waals surface area (Å²) in [6.45, 7) is 2.88. The van der Waals surface area contributed by atoms with Gasteiger partial charge in [0, 0.05) is 25.5 Å². The Kier molecular flexibility index (Phi) is 5.29. The van der Waals surface area contributed by atoms with Crippen molar-refractivity contribution in [3.05, 3.63) is 48.3 Å². The van der Waals surface area contributed by atoms with Crippen molar-refractivity contribution in [3.8, 4) is 5.69 Å². The molecule has 2 aromatic rings. The van der Waals surface area contributed by atoms with Gasteiger partial charge in [0.15, 0.2) is 0 Å². The first-order chi connectivity index (χ1) is 9.76.